The van der Waals surface area contributed by atoms with E-state index in [1.165, 1.54) is 24.9 Å². The number of nitrogens with one attached hydrogen (secondary N) is 1. The van der Waals surface area contributed by atoms with Gasteiger partial charge in [-0.25, -0.2) is 18.1 Å². The molecule has 4 N–H and O–H groups in total. The Kier molecular flexibility index (Phi) is 3.32. The number of anilines is 1. The van der Waals surface area contributed by atoms with Gasteiger partial charge in [-0.3, -0.25) is 0 Å². The normalized spacial score (nSPS) is 14.1. The van der Waals surface area contributed by atoms with Gasteiger partial charge in [-0.05, 0) is 6.92 Å². The topological polar surface area (TPSA) is 110 Å². The fraction of sp³-hybridized carbons (Fsp3) is 0.571. The first kappa shape index (κ1) is 12.0. The van der Waals surface area contributed by atoms with Crippen molar-refractivity contribution in [3.8, 4) is 0 Å². The molecule has 0 fully saturated rings. The molecule has 7 nitrogen and oxygen atoms in total. The van der Waals surface area contributed by atoms with E-state index in [0.717, 1.165) is 0 Å². The molecule has 1 aromatic rings. The highest BCUT2D eigenvalue weighted by Crippen LogP contribution is 2.14. The second-order valence-corrected chi connectivity index (χ2v) is 4.93. The molecule has 0 aliphatic carbocycles. The zero-order valence-electron chi connectivity index (χ0n) is 8.51. The van der Waals surface area contributed by atoms with E-state index in [1.807, 2.05) is 0 Å². The summed E-state index contributed by atoms with van der Waals surface area (Å²) < 4.78 is 26.9. The van der Waals surface area contributed by atoms with E-state index in [9.17, 15) is 8.42 Å². The molecule has 15 heavy (non-hydrogen) atoms. The summed E-state index contributed by atoms with van der Waals surface area (Å²) in [5, 5.41) is 8.88. The molecular weight excluding hydrogens is 220 g/mol. The molecule has 0 aliphatic rings. The predicted molar refractivity (Wildman–Crippen MR) is 54.5 cm³/mol. The van der Waals surface area contributed by atoms with Crippen LogP contribution < -0.4 is 10.5 Å². The van der Waals surface area contributed by atoms with Crippen molar-refractivity contribution >= 4 is 15.8 Å². The molecule has 8 heteroatoms. The summed E-state index contributed by atoms with van der Waals surface area (Å²) in [4.78, 5) is 3.67. The summed E-state index contributed by atoms with van der Waals surface area (Å²) in [6.45, 7) is 1.42. The second-order valence-electron chi connectivity index (χ2n) is 3.25. The van der Waals surface area contributed by atoms with Crippen LogP contribution in [0.2, 0.25) is 0 Å². The molecule has 1 heterocycles. The first-order valence-corrected chi connectivity index (χ1v) is 5.77. The van der Waals surface area contributed by atoms with Gasteiger partial charge >= 0.3 is 0 Å². The number of aryl methyl sites for hydroxylation is 1. The fourth-order valence-corrected chi connectivity index (χ4v) is 2.41. The molecule has 0 saturated carbocycles. The summed E-state index contributed by atoms with van der Waals surface area (Å²) in [5.41, 5.74) is 5.42. The fourth-order valence-electron chi connectivity index (χ4n) is 1.06. The summed E-state index contributed by atoms with van der Waals surface area (Å²) in [6.07, 6.45) is 0.556. The van der Waals surface area contributed by atoms with Crippen molar-refractivity contribution in [1.29, 1.82) is 0 Å². The van der Waals surface area contributed by atoms with Crippen LogP contribution >= 0.6 is 0 Å². The van der Waals surface area contributed by atoms with Crippen LogP contribution in [-0.4, -0.2) is 35.7 Å². The lowest BCUT2D eigenvalue weighted by atomic mass is 10.4. The third-order valence-corrected chi connectivity index (χ3v) is 3.29. The number of aromatic nitrogens is 2. The van der Waals surface area contributed by atoms with E-state index in [0.29, 0.717) is 0 Å². The number of aliphatic hydroxyl groups excluding tert-OH is 1. The van der Waals surface area contributed by atoms with Crippen LogP contribution in [0, 0.1) is 0 Å². The summed E-state index contributed by atoms with van der Waals surface area (Å²) >= 11 is 0. The van der Waals surface area contributed by atoms with Crippen molar-refractivity contribution in [1.82, 2.24) is 14.3 Å². The Balaban J connectivity index is 2.96. The lowest BCUT2D eigenvalue weighted by Gasteiger charge is -2.08. The Morgan fingerprint density at radius 1 is 1.73 bits per heavy atom. The maximum absolute atomic E-state index is 11.7. The highest BCUT2D eigenvalue weighted by atomic mass is 32.2. The van der Waals surface area contributed by atoms with Gasteiger partial charge in [0.05, 0.1) is 12.4 Å². The smallest absolute Gasteiger partial charge is 0.260 e. The third-order valence-electron chi connectivity index (χ3n) is 1.73. The number of imidazole rings is 1. The number of rotatable bonds is 4. The molecule has 0 saturated heterocycles. The molecule has 0 radical (unpaired) electrons. The van der Waals surface area contributed by atoms with E-state index >= 15 is 0 Å². The monoisotopic (exact) mass is 234 g/mol. The van der Waals surface area contributed by atoms with Crippen LogP contribution in [0.15, 0.2) is 11.4 Å². The average molecular weight is 234 g/mol. The van der Waals surface area contributed by atoms with Gasteiger partial charge in [-0.2, -0.15) is 0 Å². The lowest BCUT2D eigenvalue weighted by Crippen LogP contribution is -2.32. The average Bonchev–Trinajstić information content (AvgIpc) is 2.43. The number of aliphatic hydroxyl groups is 1. The number of nitrogens with two attached hydrogens (primary N) is 1. The van der Waals surface area contributed by atoms with Crippen molar-refractivity contribution in [2.75, 3.05) is 12.3 Å². The number of sulfonamides is 1. The number of hydrogen-bond donors (Lipinski definition) is 3. The van der Waals surface area contributed by atoms with E-state index < -0.39 is 16.1 Å². The van der Waals surface area contributed by atoms with Crippen molar-refractivity contribution in [3.63, 3.8) is 0 Å². The van der Waals surface area contributed by atoms with E-state index in [2.05, 4.69) is 9.71 Å². The summed E-state index contributed by atoms with van der Waals surface area (Å²) in [7, 11) is -2.18. The number of hydrogen-bond acceptors (Lipinski definition) is 5. The lowest BCUT2D eigenvalue weighted by molar-refractivity contribution is 0.198. The maximum atomic E-state index is 11.7. The first-order valence-electron chi connectivity index (χ1n) is 4.29. The van der Waals surface area contributed by atoms with Crippen LogP contribution in [-0.2, 0) is 17.1 Å². The largest absolute Gasteiger partial charge is 0.392 e. The Hall–Kier alpha value is -1.12. The molecular formula is C7H14N4O3S. The van der Waals surface area contributed by atoms with Crippen molar-refractivity contribution < 1.29 is 13.5 Å². The van der Waals surface area contributed by atoms with Gasteiger partial charge in [0.2, 0.25) is 0 Å². The molecule has 0 aromatic carbocycles. The van der Waals surface area contributed by atoms with Gasteiger partial charge in [0.15, 0.2) is 10.8 Å². The molecule has 86 valence electrons. The minimum Gasteiger partial charge on any atom is -0.392 e. The van der Waals surface area contributed by atoms with Crippen LogP contribution in [0.3, 0.4) is 0 Å². The molecule has 1 unspecified atom stereocenters. The van der Waals surface area contributed by atoms with Gasteiger partial charge < -0.3 is 15.4 Å². The molecule has 0 aliphatic heterocycles. The number of nitrogens with zero attached hydrogens (tertiary/aromatic N) is 2. The highest BCUT2D eigenvalue weighted by molar-refractivity contribution is 7.89. The predicted octanol–water partition coefficient (Wildman–Crippen LogP) is -1.34. The molecule has 1 rings (SSSR count). The minimum atomic E-state index is -3.71. The summed E-state index contributed by atoms with van der Waals surface area (Å²) in [5.74, 6) is -0.0596. The van der Waals surface area contributed by atoms with Gasteiger partial charge in [0.25, 0.3) is 10.0 Å². The Morgan fingerprint density at radius 3 is 2.73 bits per heavy atom. The van der Waals surface area contributed by atoms with Crippen molar-refractivity contribution in [2.24, 2.45) is 7.05 Å². The third kappa shape index (κ3) is 2.67. The molecule has 0 spiro atoms. The Labute approximate surface area is 88.0 Å². The van der Waals surface area contributed by atoms with Gasteiger partial charge in [0, 0.05) is 13.6 Å². The van der Waals surface area contributed by atoms with Gasteiger partial charge in [-0.15, -0.1) is 0 Å². The van der Waals surface area contributed by atoms with Crippen LogP contribution in [0.5, 0.6) is 0 Å². The maximum Gasteiger partial charge on any atom is 0.260 e. The standard InChI is InChI=1S/C7H14N4O3S/c1-5(12)3-10-15(13,14)7-6(8)9-4-11(7)2/h4-5,10,12H,3,8H2,1-2H3. The summed E-state index contributed by atoms with van der Waals surface area (Å²) in [6, 6.07) is 0. The van der Waals surface area contributed by atoms with E-state index in [4.69, 9.17) is 10.8 Å². The highest BCUT2D eigenvalue weighted by Gasteiger charge is 2.22. The molecule has 0 amide bonds. The quantitative estimate of drug-likeness (QED) is 0.597. The second kappa shape index (κ2) is 4.17. The first-order chi connectivity index (χ1) is 6.84. The van der Waals surface area contributed by atoms with Crippen LogP contribution in [0.4, 0.5) is 5.82 Å². The van der Waals surface area contributed by atoms with E-state index in [-0.39, 0.29) is 17.4 Å². The molecule has 1 aromatic heterocycles. The SMILES string of the molecule is CC(O)CNS(=O)(=O)c1c(N)ncn1C. The van der Waals surface area contributed by atoms with Crippen LogP contribution in [0.25, 0.3) is 0 Å². The van der Waals surface area contributed by atoms with Gasteiger partial charge in [-0.1, -0.05) is 0 Å². The van der Waals surface area contributed by atoms with Crippen LogP contribution in [0.1, 0.15) is 6.92 Å². The van der Waals surface area contributed by atoms with Gasteiger partial charge in [0.1, 0.15) is 0 Å². The molecule has 1 atom stereocenters. The zero-order valence-corrected chi connectivity index (χ0v) is 9.32. The molecule has 0 bridgehead atoms. The van der Waals surface area contributed by atoms with E-state index in [1.54, 1.807) is 0 Å². The van der Waals surface area contributed by atoms with Crippen molar-refractivity contribution in [3.05, 3.63) is 6.33 Å². The number of nitrogen functional groups attached to an aromatic ring is 1. The minimum absolute atomic E-state index is 0.0596. The zero-order chi connectivity index (χ0) is 11.6. The van der Waals surface area contributed by atoms with Crippen molar-refractivity contribution in [2.45, 2.75) is 18.1 Å². The Morgan fingerprint density at radius 2 is 2.33 bits per heavy atom. The Bertz CT molecular complexity index is 418.